The van der Waals surface area contributed by atoms with E-state index in [1.165, 1.54) is 17.5 Å². The van der Waals surface area contributed by atoms with Crippen LogP contribution in [0.1, 0.15) is 58.6 Å². The molecule has 1 nitrogen and oxygen atoms in total. The van der Waals surface area contributed by atoms with E-state index in [1.807, 2.05) is 0 Å². The van der Waals surface area contributed by atoms with E-state index >= 15 is 0 Å². The average molecular weight is 246 g/mol. The van der Waals surface area contributed by atoms with E-state index in [9.17, 15) is 0 Å². The molecule has 0 atom stereocenters. The molecule has 0 saturated heterocycles. The van der Waals surface area contributed by atoms with Crippen LogP contribution in [0.4, 0.5) is 0 Å². The first-order valence-corrected chi connectivity index (χ1v) is 7.04. The molecule has 1 aromatic rings. The van der Waals surface area contributed by atoms with Crippen molar-refractivity contribution < 1.29 is 4.74 Å². The van der Waals surface area contributed by atoms with E-state index < -0.39 is 0 Å². The molecule has 0 fully saturated rings. The molecule has 1 heterocycles. The monoisotopic (exact) mass is 246 g/mol. The first-order chi connectivity index (χ1) is 8.28. The van der Waals surface area contributed by atoms with Crippen molar-refractivity contribution in [2.45, 2.75) is 59.3 Å². The Hall–Kier alpha value is -0.980. The maximum atomic E-state index is 5.79. The fraction of sp³-hybridized carbons (Fsp3) is 0.647. The van der Waals surface area contributed by atoms with Crippen LogP contribution in [0, 0.1) is 5.41 Å². The lowest BCUT2D eigenvalue weighted by atomic mass is 9.72. The topological polar surface area (TPSA) is 9.23 Å². The maximum absolute atomic E-state index is 5.79. The SMILES string of the molecule is CC(C)(C)CC(C)(C)c1ccc2c(c1)OCCC2. The van der Waals surface area contributed by atoms with Gasteiger partial charge in [0.15, 0.2) is 0 Å². The van der Waals surface area contributed by atoms with Gasteiger partial charge in [-0.05, 0) is 47.3 Å². The standard InChI is InChI=1S/C17H26O/c1-16(2,3)12-17(4,5)14-9-8-13-7-6-10-18-15(13)11-14/h8-9,11H,6-7,10,12H2,1-5H3. The molecule has 0 bridgehead atoms. The molecule has 0 N–H and O–H groups in total. The van der Waals surface area contributed by atoms with E-state index in [0.29, 0.717) is 5.41 Å². The van der Waals surface area contributed by atoms with Crippen molar-refractivity contribution in [2.75, 3.05) is 6.61 Å². The van der Waals surface area contributed by atoms with Gasteiger partial charge in [0.2, 0.25) is 0 Å². The highest BCUT2D eigenvalue weighted by Gasteiger charge is 2.28. The Balaban J connectivity index is 2.27. The molecule has 1 aliphatic heterocycles. The van der Waals surface area contributed by atoms with Crippen LogP contribution < -0.4 is 4.74 Å². The van der Waals surface area contributed by atoms with Gasteiger partial charge in [0.25, 0.3) is 0 Å². The minimum absolute atomic E-state index is 0.202. The fourth-order valence-electron chi connectivity index (χ4n) is 3.19. The van der Waals surface area contributed by atoms with Gasteiger partial charge in [-0.1, -0.05) is 46.8 Å². The van der Waals surface area contributed by atoms with Crippen molar-refractivity contribution in [3.63, 3.8) is 0 Å². The lowest BCUT2D eigenvalue weighted by Gasteiger charge is -2.33. The van der Waals surface area contributed by atoms with Crippen molar-refractivity contribution in [1.82, 2.24) is 0 Å². The summed E-state index contributed by atoms with van der Waals surface area (Å²) in [5.74, 6) is 1.11. The summed E-state index contributed by atoms with van der Waals surface area (Å²) in [7, 11) is 0. The Morgan fingerprint density at radius 2 is 1.83 bits per heavy atom. The third kappa shape index (κ3) is 3.07. The molecular weight excluding hydrogens is 220 g/mol. The smallest absolute Gasteiger partial charge is 0.122 e. The average Bonchev–Trinajstić information content (AvgIpc) is 2.25. The predicted molar refractivity (Wildman–Crippen MR) is 77.4 cm³/mol. The van der Waals surface area contributed by atoms with Gasteiger partial charge in [0.1, 0.15) is 5.75 Å². The molecule has 1 aliphatic rings. The quantitative estimate of drug-likeness (QED) is 0.733. The predicted octanol–water partition coefficient (Wildman–Crippen LogP) is 4.73. The Morgan fingerprint density at radius 1 is 1.11 bits per heavy atom. The van der Waals surface area contributed by atoms with Crippen molar-refractivity contribution in [3.8, 4) is 5.75 Å². The molecule has 0 aliphatic carbocycles. The molecule has 0 aromatic heterocycles. The summed E-state index contributed by atoms with van der Waals surface area (Å²) in [5, 5.41) is 0. The van der Waals surface area contributed by atoms with Crippen molar-refractivity contribution >= 4 is 0 Å². The van der Waals surface area contributed by atoms with Crippen LogP contribution in [0.15, 0.2) is 18.2 Å². The highest BCUT2D eigenvalue weighted by Crippen LogP contribution is 2.38. The van der Waals surface area contributed by atoms with Crippen LogP contribution in [0.25, 0.3) is 0 Å². The Bertz CT molecular complexity index is 424. The number of fused-ring (bicyclic) bond motifs is 1. The first-order valence-electron chi connectivity index (χ1n) is 7.04. The zero-order valence-corrected chi connectivity index (χ0v) is 12.5. The van der Waals surface area contributed by atoms with Gasteiger partial charge in [-0.25, -0.2) is 0 Å². The Labute approximate surface area is 112 Å². The van der Waals surface area contributed by atoms with Gasteiger partial charge >= 0.3 is 0 Å². The fourth-order valence-corrected chi connectivity index (χ4v) is 3.19. The van der Waals surface area contributed by atoms with E-state index in [4.69, 9.17) is 4.74 Å². The molecule has 0 radical (unpaired) electrons. The minimum atomic E-state index is 0.202. The van der Waals surface area contributed by atoms with Gasteiger partial charge in [0, 0.05) is 0 Å². The highest BCUT2D eigenvalue weighted by molar-refractivity contribution is 5.41. The van der Waals surface area contributed by atoms with E-state index in [1.54, 1.807) is 0 Å². The van der Waals surface area contributed by atoms with Crippen LogP contribution in [0.5, 0.6) is 5.75 Å². The van der Waals surface area contributed by atoms with E-state index in [0.717, 1.165) is 25.2 Å². The van der Waals surface area contributed by atoms with Gasteiger partial charge in [-0.2, -0.15) is 0 Å². The van der Waals surface area contributed by atoms with Gasteiger partial charge < -0.3 is 4.74 Å². The number of rotatable bonds is 2. The summed E-state index contributed by atoms with van der Waals surface area (Å²) in [5.41, 5.74) is 3.32. The van der Waals surface area contributed by atoms with Crippen molar-refractivity contribution in [2.24, 2.45) is 5.41 Å². The Morgan fingerprint density at radius 3 is 2.50 bits per heavy atom. The van der Waals surface area contributed by atoms with Gasteiger partial charge in [-0.15, -0.1) is 0 Å². The van der Waals surface area contributed by atoms with E-state index in [2.05, 4.69) is 52.8 Å². The van der Waals surface area contributed by atoms with Crippen LogP contribution in [0.3, 0.4) is 0 Å². The number of ether oxygens (including phenoxy) is 1. The third-order valence-corrected chi connectivity index (χ3v) is 3.67. The van der Waals surface area contributed by atoms with Crippen LogP contribution in [-0.2, 0) is 11.8 Å². The number of hydrogen-bond acceptors (Lipinski definition) is 1. The van der Waals surface area contributed by atoms with Gasteiger partial charge in [-0.3, -0.25) is 0 Å². The summed E-state index contributed by atoms with van der Waals surface area (Å²) in [4.78, 5) is 0. The summed E-state index contributed by atoms with van der Waals surface area (Å²) in [6, 6.07) is 6.81. The lowest BCUT2D eigenvalue weighted by molar-refractivity contribution is 0.275. The molecule has 0 saturated carbocycles. The zero-order valence-electron chi connectivity index (χ0n) is 12.5. The molecule has 100 valence electrons. The van der Waals surface area contributed by atoms with Crippen LogP contribution in [0.2, 0.25) is 0 Å². The molecule has 18 heavy (non-hydrogen) atoms. The van der Waals surface area contributed by atoms with Crippen LogP contribution >= 0.6 is 0 Å². The number of hydrogen-bond donors (Lipinski definition) is 0. The van der Waals surface area contributed by atoms with Crippen molar-refractivity contribution in [1.29, 1.82) is 0 Å². The largest absolute Gasteiger partial charge is 0.493 e. The summed E-state index contributed by atoms with van der Waals surface area (Å²) >= 11 is 0. The summed E-state index contributed by atoms with van der Waals surface area (Å²) in [6.07, 6.45) is 3.49. The molecule has 0 unspecified atom stereocenters. The maximum Gasteiger partial charge on any atom is 0.122 e. The zero-order chi connectivity index (χ0) is 13.4. The number of aryl methyl sites for hydroxylation is 1. The normalized spacial score (nSPS) is 16.1. The molecule has 2 rings (SSSR count). The molecule has 1 heteroatoms. The highest BCUT2D eigenvalue weighted by atomic mass is 16.5. The summed E-state index contributed by atoms with van der Waals surface area (Å²) in [6.45, 7) is 12.5. The molecule has 1 aromatic carbocycles. The van der Waals surface area contributed by atoms with Crippen molar-refractivity contribution in [3.05, 3.63) is 29.3 Å². The molecule has 0 amide bonds. The second-order valence-corrected chi connectivity index (χ2v) is 7.40. The molecular formula is C17H26O. The minimum Gasteiger partial charge on any atom is -0.493 e. The first kappa shape index (κ1) is 13.5. The lowest BCUT2D eigenvalue weighted by Crippen LogP contribution is -2.25. The Kier molecular flexibility index (Phi) is 3.44. The van der Waals surface area contributed by atoms with E-state index in [-0.39, 0.29) is 5.41 Å². The second-order valence-electron chi connectivity index (χ2n) is 7.40. The second kappa shape index (κ2) is 4.60. The molecule has 0 spiro atoms. The number of benzene rings is 1. The third-order valence-electron chi connectivity index (χ3n) is 3.67. The van der Waals surface area contributed by atoms with Gasteiger partial charge in [0.05, 0.1) is 6.61 Å². The summed E-state index contributed by atoms with van der Waals surface area (Å²) < 4.78 is 5.79. The van der Waals surface area contributed by atoms with Crippen LogP contribution in [-0.4, -0.2) is 6.61 Å².